The van der Waals surface area contributed by atoms with Gasteiger partial charge in [0.1, 0.15) is 0 Å². The van der Waals surface area contributed by atoms with Crippen molar-refractivity contribution in [2.45, 2.75) is 97.8 Å². The summed E-state index contributed by atoms with van der Waals surface area (Å²) >= 11 is 0. The Kier molecular flexibility index (Phi) is 11.4. The molecule has 2 aromatic carbocycles. The maximum atomic E-state index is 12.7. The predicted molar refractivity (Wildman–Crippen MR) is 143 cm³/mol. The topological polar surface area (TPSA) is 129 Å². The van der Waals surface area contributed by atoms with Gasteiger partial charge in [0.2, 0.25) is 0 Å². The molecule has 0 aliphatic carbocycles. The average molecular weight is 521 g/mol. The van der Waals surface area contributed by atoms with Crippen LogP contribution in [0.2, 0.25) is 0 Å². The van der Waals surface area contributed by atoms with Crippen LogP contribution in [0, 0.1) is 0 Å². The molecule has 0 unspecified atom stereocenters. The van der Waals surface area contributed by atoms with Gasteiger partial charge in [-0.25, -0.2) is 9.59 Å². The van der Waals surface area contributed by atoms with Gasteiger partial charge in [0.15, 0.2) is 0 Å². The zero-order chi connectivity index (χ0) is 26.9. The Morgan fingerprint density at radius 2 is 1.22 bits per heavy atom. The van der Waals surface area contributed by atoms with Gasteiger partial charge in [0.05, 0.1) is 16.9 Å². The molecule has 0 spiro atoms. The smallest absolute Gasteiger partial charge is 0.336 e. The monoisotopic (exact) mass is 520 g/mol. The van der Waals surface area contributed by atoms with Gasteiger partial charge < -0.3 is 10.2 Å². The second-order valence-electron chi connectivity index (χ2n) is 9.49. The van der Waals surface area contributed by atoms with Crippen molar-refractivity contribution in [1.82, 2.24) is 0 Å². The molecule has 0 radical (unpaired) electrons. The van der Waals surface area contributed by atoms with Crippen LogP contribution in [0.5, 0.6) is 0 Å². The lowest BCUT2D eigenvalue weighted by atomic mass is 9.80. The van der Waals surface area contributed by atoms with Crippen molar-refractivity contribution in [2.24, 2.45) is 0 Å². The van der Waals surface area contributed by atoms with E-state index in [1.54, 1.807) is 12.1 Å². The van der Waals surface area contributed by atoms with Crippen LogP contribution in [0.15, 0.2) is 12.1 Å². The normalized spacial score (nSPS) is 11.8. The lowest BCUT2D eigenvalue weighted by Gasteiger charge is -2.24. The maximum Gasteiger partial charge on any atom is 0.336 e. The second-order valence-corrected chi connectivity index (χ2v) is 11.1. The van der Waals surface area contributed by atoms with E-state index in [1.165, 1.54) is 0 Å². The Morgan fingerprint density at radius 1 is 0.694 bits per heavy atom. The van der Waals surface area contributed by atoms with Crippen LogP contribution in [-0.2, 0) is 35.8 Å². The molecule has 200 valence electrons. The maximum absolute atomic E-state index is 12.7. The lowest BCUT2D eigenvalue weighted by Crippen LogP contribution is -2.15. The molecular formula is C28H40O7S. The van der Waals surface area contributed by atoms with Crippen LogP contribution in [0.25, 0.3) is 10.8 Å². The van der Waals surface area contributed by atoms with Crippen molar-refractivity contribution in [3.63, 3.8) is 0 Å². The van der Waals surface area contributed by atoms with Gasteiger partial charge in [0, 0.05) is 0 Å². The van der Waals surface area contributed by atoms with Crippen molar-refractivity contribution in [1.29, 1.82) is 0 Å². The summed E-state index contributed by atoms with van der Waals surface area (Å²) in [7, 11) is -4.10. The summed E-state index contributed by atoms with van der Waals surface area (Å²) in [5.41, 5.74) is 3.67. The first-order chi connectivity index (χ1) is 17.1. The van der Waals surface area contributed by atoms with Crippen LogP contribution in [-0.4, -0.2) is 40.9 Å². The van der Waals surface area contributed by atoms with Crippen LogP contribution in [0.4, 0.5) is 0 Å². The standard InChI is InChI=1S/C28H40O7S/c1-4-7-12-19-20(13-8-5-2)26(28(31)32)21(15-10-11-18-36(33,34)35)23-16-17-24(27(29)30)22(25(19)23)14-9-6-3/h16-17H,4-15,18H2,1-3H3,(H,29,30)(H,31,32)(H,33,34,35). The third-order valence-electron chi connectivity index (χ3n) is 6.77. The third kappa shape index (κ3) is 7.53. The molecule has 7 nitrogen and oxygen atoms in total. The van der Waals surface area contributed by atoms with E-state index in [0.717, 1.165) is 66.0 Å². The number of aryl methyl sites for hydroxylation is 3. The van der Waals surface area contributed by atoms with Crippen molar-refractivity contribution in [2.75, 3.05) is 5.75 Å². The number of unbranched alkanes of at least 4 members (excludes halogenated alkanes) is 4. The highest BCUT2D eigenvalue weighted by Crippen LogP contribution is 2.38. The van der Waals surface area contributed by atoms with Crippen LogP contribution >= 0.6 is 0 Å². The van der Waals surface area contributed by atoms with Gasteiger partial charge in [0.25, 0.3) is 10.1 Å². The Morgan fingerprint density at radius 3 is 1.72 bits per heavy atom. The fraction of sp³-hybridized carbons (Fsp3) is 0.571. The summed E-state index contributed by atoms with van der Waals surface area (Å²) in [6, 6.07) is 3.32. The number of carboxylic acid groups (broad SMARTS) is 2. The van der Waals surface area contributed by atoms with Crippen LogP contribution in [0.1, 0.15) is 115 Å². The molecule has 0 aliphatic heterocycles. The molecule has 0 aromatic heterocycles. The summed E-state index contributed by atoms with van der Waals surface area (Å²) in [6.07, 6.45) is 8.02. The first-order valence-corrected chi connectivity index (χ1v) is 14.7. The van der Waals surface area contributed by atoms with E-state index in [1.807, 2.05) is 0 Å². The predicted octanol–water partition coefficient (Wildman–Crippen LogP) is 6.47. The van der Waals surface area contributed by atoms with Crippen molar-refractivity contribution in [3.8, 4) is 0 Å². The molecule has 36 heavy (non-hydrogen) atoms. The zero-order valence-corrected chi connectivity index (χ0v) is 22.5. The van der Waals surface area contributed by atoms with E-state index in [0.29, 0.717) is 37.7 Å². The number of rotatable bonds is 16. The minimum Gasteiger partial charge on any atom is -0.478 e. The second kappa shape index (κ2) is 13.7. The number of carboxylic acids is 2. The molecule has 0 amide bonds. The molecule has 0 aliphatic rings. The van der Waals surface area contributed by atoms with E-state index >= 15 is 0 Å². The highest BCUT2D eigenvalue weighted by atomic mass is 32.2. The van der Waals surface area contributed by atoms with E-state index in [2.05, 4.69) is 20.8 Å². The SMILES string of the molecule is CCCCc1c(C(=O)O)c(CCCCS(=O)(=O)O)c2ccc(C(=O)O)c(CCCC)c2c1CCCC. The van der Waals surface area contributed by atoms with Crippen LogP contribution in [0.3, 0.4) is 0 Å². The Bertz CT molecular complexity index is 1180. The number of carbonyl (C=O) groups is 2. The molecule has 3 N–H and O–H groups in total. The zero-order valence-electron chi connectivity index (χ0n) is 21.7. The number of hydrogen-bond acceptors (Lipinski definition) is 4. The summed E-state index contributed by atoms with van der Waals surface area (Å²) in [6.45, 7) is 6.19. The number of aromatic carboxylic acids is 2. The van der Waals surface area contributed by atoms with Gasteiger partial charge in [-0.3, -0.25) is 4.55 Å². The first-order valence-electron chi connectivity index (χ1n) is 13.1. The van der Waals surface area contributed by atoms with Gasteiger partial charge >= 0.3 is 11.9 Å². The summed E-state index contributed by atoms with van der Waals surface area (Å²) < 4.78 is 31.5. The Labute approximate surface area is 214 Å². The van der Waals surface area contributed by atoms with E-state index in [4.69, 9.17) is 4.55 Å². The van der Waals surface area contributed by atoms with Gasteiger partial charge in [-0.15, -0.1) is 0 Å². The van der Waals surface area contributed by atoms with Crippen molar-refractivity contribution in [3.05, 3.63) is 45.5 Å². The molecule has 0 saturated heterocycles. The fourth-order valence-corrected chi connectivity index (χ4v) is 5.61. The van der Waals surface area contributed by atoms with Gasteiger partial charge in [-0.2, -0.15) is 8.42 Å². The molecule has 0 fully saturated rings. The molecule has 2 rings (SSSR count). The molecule has 0 bridgehead atoms. The Balaban J connectivity index is 2.94. The van der Waals surface area contributed by atoms with Gasteiger partial charge in [-0.1, -0.05) is 46.1 Å². The first kappa shape index (κ1) is 29.8. The van der Waals surface area contributed by atoms with Crippen LogP contribution < -0.4 is 0 Å². The molecule has 0 atom stereocenters. The largest absolute Gasteiger partial charge is 0.478 e. The third-order valence-corrected chi connectivity index (χ3v) is 7.58. The molecule has 0 saturated carbocycles. The quantitative estimate of drug-likeness (QED) is 0.171. The van der Waals surface area contributed by atoms with Crippen molar-refractivity contribution >= 4 is 32.8 Å². The van der Waals surface area contributed by atoms with E-state index in [-0.39, 0.29) is 23.3 Å². The fourth-order valence-electron chi connectivity index (χ4n) is 5.04. The highest BCUT2D eigenvalue weighted by molar-refractivity contribution is 7.85. The molecule has 2 aromatic rings. The highest BCUT2D eigenvalue weighted by Gasteiger charge is 2.26. The van der Waals surface area contributed by atoms with Crippen molar-refractivity contribution < 1.29 is 32.8 Å². The van der Waals surface area contributed by atoms with Gasteiger partial charge in [-0.05, 0) is 96.9 Å². The number of fused-ring (bicyclic) bond motifs is 1. The summed E-state index contributed by atoms with van der Waals surface area (Å²) in [5.74, 6) is -2.38. The van der Waals surface area contributed by atoms with E-state index in [9.17, 15) is 28.2 Å². The summed E-state index contributed by atoms with van der Waals surface area (Å²) in [5, 5.41) is 22.0. The van der Waals surface area contributed by atoms with E-state index < -0.39 is 22.1 Å². The number of hydrogen-bond donors (Lipinski definition) is 3. The minimum absolute atomic E-state index is 0.206. The lowest BCUT2D eigenvalue weighted by molar-refractivity contribution is 0.0683. The number of benzene rings is 2. The molecule has 0 heterocycles. The summed E-state index contributed by atoms with van der Waals surface area (Å²) in [4.78, 5) is 24.9. The molecular weight excluding hydrogens is 480 g/mol. The average Bonchev–Trinajstić information content (AvgIpc) is 2.81. The molecule has 8 heteroatoms. The Hall–Kier alpha value is -2.45. The minimum atomic E-state index is -4.10.